The maximum atomic E-state index is 11.5. The van der Waals surface area contributed by atoms with Gasteiger partial charge in [0.1, 0.15) is 11.8 Å². The van der Waals surface area contributed by atoms with Crippen LogP contribution in [0.3, 0.4) is 0 Å². The van der Waals surface area contributed by atoms with Gasteiger partial charge in [0.2, 0.25) is 0 Å². The van der Waals surface area contributed by atoms with Gasteiger partial charge in [0.15, 0.2) is 0 Å². The highest BCUT2D eigenvalue weighted by Gasteiger charge is 2.14. The van der Waals surface area contributed by atoms with Crippen LogP contribution in [0.5, 0.6) is 5.75 Å². The van der Waals surface area contributed by atoms with E-state index in [9.17, 15) is 4.79 Å². The van der Waals surface area contributed by atoms with Crippen LogP contribution in [-0.2, 0) is 16.0 Å². The van der Waals surface area contributed by atoms with Gasteiger partial charge >= 0.3 is 5.97 Å². The van der Waals surface area contributed by atoms with Crippen molar-refractivity contribution in [1.82, 2.24) is 0 Å². The molecule has 160 valence electrons. The van der Waals surface area contributed by atoms with Crippen molar-refractivity contribution in [1.29, 1.82) is 0 Å². The molecule has 0 radical (unpaired) electrons. The van der Waals surface area contributed by atoms with Gasteiger partial charge in [-0.2, -0.15) is 0 Å². The molecule has 2 aromatic rings. The summed E-state index contributed by atoms with van der Waals surface area (Å²) in [5.41, 5.74) is 16.1. The average Bonchev–Trinajstić information content (AvgIpc) is 3.01. The molecule has 2 aromatic carbocycles. The van der Waals surface area contributed by atoms with Crippen LogP contribution in [0.1, 0.15) is 48.8 Å². The third-order valence-corrected chi connectivity index (χ3v) is 5.36. The number of benzene rings is 2. The zero-order valence-electron chi connectivity index (χ0n) is 17.5. The molecule has 1 atom stereocenters. The Hall–Kier alpha value is -2.63. The molecule has 1 aliphatic rings. The Morgan fingerprint density at radius 3 is 2.57 bits per heavy atom. The molecule has 4 N–H and O–H groups in total. The molecule has 0 heterocycles. The van der Waals surface area contributed by atoms with Gasteiger partial charge in [0, 0.05) is 12.1 Å². The highest BCUT2D eigenvalue weighted by molar-refractivity contribution is 5.83. The van der Waals surface area contributed by atoms with E-state index in [0.717, 1.165) is 44.3 Å². The lowest BCUT2D eigenvalue weighted by atomic mass is 10.0. The van der Waals surface area contributed by atoms with E-state index in [4.69, 9.17) is 20.9 Å². The summed E-state index contributed by atoms with van der Waals surface area (Å²) < 4.78 is 11.2. The maximum absolute atomic E-state index is 11.5. The smallest absolute Gasteiger partial charge is 0.324 e. The van der Waals surface area contributed by atoms with E-state index in [2.05, 4.69) is 54.6 Å². The van der Waals surface area contributed by atoms with Crippen LogP contribution in [-0.4, -0.2) is 31.8 Å². The lowest BCUT2D eigenvalue weighted by Crippen LogP contribution is -2.39. The van der Waals surface area contributed by atoms with Gasteiger partial charge in [-0.15, -0.1) is 0 Å². The number of hydrogen-bond donors (Lipinski definition) is 2. The van der Waals surface area contributed by atoms with Crippen molar-refractivity contribution >= 4 is 17.6 Å². The number of fused-ring (bicyclic) bond motifs is 1. The molecule has 0 fully saturated rings. The van der Waals surface area contributed by atoms with Crippen LogP contribution < -0.4 is 16.2 Å². The molecule has 3 rings (SSSR count). The second kappa shape index (κ2) is 11.5. The van der Waals surface area contributed by atoms with E-state index in [1.807, 2.05) is 0 Å². The molecule has 5 nitrogen and oxygen atoms in total. The molecule has 1 unspecified atom stereocenters. The third kappa shape index (κ3) is 6.18. The Balaban J connectivity index is 1.49. The maximum Gasteiger partial charge on any atom is 0.324 e. The molecular formula is C25H32N2O3. The van der Waals surface area contributed by atoms with Crippen LogP contribution in [0.4, 0.5) is 0 Å². The Bertz CT molecular complexity index is 849. The number of unbranched alkanes of at least 4 members (excludes halogenated alkanes) is 2. The van der Waals surface area contributed by atoms with Crippen LogP contribution >= 0.6 is 0 Å². The highest BCUT2D eigenvalue weighted by atomic mass is 16.5. The Labute approximate surface area is 179 Å². The largest absolute Gasteiger partial charge is 0.493 e. The molecule has 1 aliphatic carbocycles. The summed E-state index contributed by atoms with van der Waals surface area (Å²) in [6.45, 7) is 1.14. The summed E-state index contributed by atoms with van der Waals surface area (Å²) in [5.74, 6) is 0.557. The van der Waals surface area contributed by atoms with E-state index < -0.39 is 12.0 Å². The Morgan fingerprint density at radius 1 is 0.967 bits per heavy atom. The fraction of sp³-hybridized carbons (Fsp3) is 0.400. The van der Waals surface area contributed by atoms with Gasteiger partial charge in [-0.3, -0.25) is 4.79 Å². The van der Waals surface area contributed by atoms with Crippen molar-refractivity contribution in [2.75, 3.05) is 19.8 Å². The summed E-state index contributed by atoms with van der Waals surface area (Å²) in [6, 6.07) is 16.2. The van der Waals surface area contributed by atoms with Crippen LogP contribution in [0.15, 0.2) is 48.5 Å². The SMILES string of the molecule is NCC(N)C(=O)OCCCCCOc1cccc2c1CCCC(c1ccccc1)=C2. The minimum absolute atomic E-state index is 0.107. The first-order chi connectivity index (χ1) is 14.7. The number of esters is 1. The third-order valence-electron chi connectivity index (χ3n) is 5.36. The molecule has 0 aliphatic heterocycles. The summed E-state index contributed by atoms with van der Waals surface area (Å²) in [6.07, 6.45) is 8.16. The molecule has 30 heavy (non-hydrogen) atoms. The van der Waals surface area contributed by atoms with Crippen molar-refractivity contribution in [3.8, 4) is 5.75 Å². The van der Waals surface area contributed by atoms with E-state index in [0.29, 0.717) is 13.2 Å². The predicted molar refractivity (Wildman–Crippen MR) is 121 cm³/mol. The molecular weight excluding hydrogens is 376 g/mol. The van der Waals surface area contributed by atoms with Crippen LogP contribution in [0, 0.1) is 0 Å². The monoisotopic (exact) mass is 408 g/mol. The number of allylic oxidation sites excluding steroid dienone is 1. The van der Waals surface area contributed by atoms with Gasteiger partial charge in [-0.05, 0) is 61.3 Å². The predicted octanol–water partition coefficient (Wildman–Crippen LogP) is 3.94. The summed E-state index contributed by atoms with van der Waals surface area (Å²) in [5, 5.41) is 0. The second-order valence-electron chi connectivity index (χ2n) is 7.63. The molecule has 0 aromatic heterocycles. The topological polar surface area (TPSA) is 87.6 Å². The number of nitrogens with two attached hydrogens (primary N) is 2. The van der Waals surface area contributed by atoms with E-state index in [1.54, 1.807) is 0 Å². The minimum Gasteiger partial charge on any atom is -0.493 e. The van der Waals surface area contributed by atoms with Gasteiger partial charge in [-0.1, -0.05) is 48.5 Å². The molecule has 0 saturated carbocycles. The lowest BCUT2D eigenvalue weighted by Gasteiger charge is -2.13. The number of carbonyl (C=O) groups is 1. The summed E-state index contributed by atoms with van der Waals surface area (Å²) in [4.78, 5) is 11.5. The standard InChI is InChI=1S/C25H32N2O3/c26-18-23(27)25(28)30-16-6-2-5-15-29-24-14-8-12-21-17-20(11-7-13-22(21)24)19-9-3-1-4-10-19/h1,3-4,8-10,12,14,17,23H,2,5-7,11,13,15-16,18,26-27H2. The van der Waals surface area contributed by atoms with Gasteiger partial charge in [0.05, 0.1) is 13.2 Å². The van der Waals surface area contributed by atoms with Crippen molar-refractivity contribution in [2.45, 2.75) is 44.6 Å². The lowest BCUT2D eigenvalue weighted by molar-refractivity contribution is -0.145. The average molecular weight is 409 g/mol. The van der Waals surface area contributed by atoms with Crippen LogP contribution in [0.25, 0.3) is 11.6 Å². The van der Waals surface area contributed by atoms with Crippen molar-refractivity contribution < 1.29 is 14.3 Å². The molecule has 0 saturated heterocycles. The van der Waals surface area contributed by atoms with Gasteiger partial charge < -0.3 is 20.9 Å². The zero-order valence-corrected chi connectivity index (χ0v) is 17.5. The molecule has 5 heteroatoms. The van der Waals surface area contributed by atoms with E-state index in [-0.39, 0.29) is 6.54 Å². The van der Waals surface area contributed by atoms with Gasteiger partial charge in [0.25, 0.3) is 0 Å². The minimum atomic E-state index is -0.724. The zero-order chi connectivity index (χ0) is 21.2. The summed E-state index contributed by atoms with van der Waals surface area (Å²) >= 11 is 0. The fourth-order valence-corrected chi connectivity index (χ4v) is 3.66. The van der Waals surface area contributed by atoms with Crippen molar-refractivity contribution in [3.05, 3.63) is 65.2 Å². The van der Waals surface area contributed by atoms with E-state index >= 15 is 0 Å². The first kappa shape index (κ1) is 22.1. The van der Waals surface area contributed by atoms with E-state index in [1.165, 1.54) is 22.3 Å². The van der Waals surface area contributed by atoms with Gasteiger partial charge in [-0.25, -0.2) is 0 Å². The van der Waals surface area contributed by atoms with Crippen molar-refractivity contribution in [3.63, 3.8) is 0 Å². The number of carbonyl (C=O) groups excluding carboxylic acids is 1. The van der Waals surface area contributed by atoms with Crippen LogP contribution in [0.2, 0.25) is 0 Å². The first-order valence-electron chi connectivity index (χ1n) is 10.8. The highest BCUT2D eigenvalue weighted by Crippen LogP contribution is 2.33. The molecule has 0 bridgehead atoms. The normalized spacial score (nSPS) is 14.3. The fourth-order valence-electron chi connectivity index (χ4n) is 3.66. The number of ether oxygens (including phenoxy) is 2. The quantitative estimate of drug-likeness (QED) is 0.459. The summed E-state index contributed by atoms with van der Waals surface area (Å²) in [7, 11) is 0. The Morgan fingerprint density at radius 2 is 1.77 bits per heavy atom. The molecule has 0 spiro atoms. The van der Waals surface area contributed by atoms with Crippen molar-refractivity contribution in [2.24, 2.45) is 11.5 Å². The second-order valence-corrected chi connectivity index (χ2v) is 7.63. The number of hydrogen-bond acceptors (Lipinski definition) is 5. The number of rotatable bonds is 10. The Kier molecular flexibility index (Phi) is 8.48. The molecule has 0 amide bonds. The first-order valence-corrected chi connectivity index (χ1v) is 10.8.